The molecule has 1 aromatic carbocycles. The minimum Gasteiger partial charge on any atom is -0.351 e. The van der Waals surface area contributed by atoms with Crippen LogP contribution in [0.15, 0.2) is 35.7 Å². The van der Waals surface area contributed by atoms with Crippen LogP contribution in [0.3, 0.4) is 0 Å². The van der Waals surface area contributed by atoms with Gasteiger partial charge in [0.15, 0.2) is 0 Å². The van der Waals surface area contributed by atoms with Crippen molar-refractivity contribution < 1.29 is 14.0 Å². The maximum Gasteiger partial charge on any atom is 0.261 e. The number of benzene rings is 1. The molecule has 0 aliphatic heterocycles. The van der Waals surface area contributed by atoms with E-state index in [1.54, 1.807) is 17.5 Å². The molecule has 0 spiro atoms. The van der Waals surface area contributed by atoms with Crippen LogP contribution in [-0.4, -0.2) is 18.4 Å². The van der Waals surface area contributed by atoms with Crippen LogP contribution in [0.5, 0.6) is 0 Å². The van der Waals surface area contributed by atoms with Crippen LogP contribution in [0.2, 0.25) is 5.02 Å². The molecule has 2 rings (SSSR count). The van der Waals surface area contributed by atoms with Gasteiger partial charge in [-0.3, -0.25) is 9.59 Å². The second-order valence-electron chi connectivity index (χ2n) is 4.16. The number of rotatable bonds is 5. The summed E-state index contributed by atoms with van der Waals surface area (Å²) >= 11 is 6.94. The number of carbonyl (C=O) groups excluding carboxylic acids is 2. The van der Waals surface area contributed by atoms with E-state index in [0.29, 0.717) is 4.88 Å². The van der Waals surface area contributed by atoms with Crippen molar-refractivity contribution in [3.63, 3.8) is 0 Å². The molecule has 0 unspecified atom stereocenters. The van der Waals surface area contributed by atoms with Crippen LogP contribution in [0.4, 0.5) is 10.1 Å². The van der Waals surface area contributed by atoms with Crippen molar-refractivity contribution in [2.24, 2.45) is 0 Å². The third-order valence-corrected chi connectivity index (χ3v) is 3.69. The van der Waals surface area contributed by atoms with Crippen LogP contribution >= 0.6 is 22.9 Å². The molecule has 0 saturated carbocycles. The topological polar surface area (TPSA) is 58.2 Å². The van der Waals surface area contributed by atoms with Crippen molar-refractivity contribution in [3.8, 4) is 0 Å². The number of hydrogen-bond donors (Lipinski definition) is 2. The van der Waals surface area contributed by atoms with Gasteiger partial charge in [-0.05, 0) is 29.6 Å². The average Bonchev–Trinajstić information content (AvgIpc) is 2.96. The monoisotopic (exact) mass is 326 g/mol. The molecule has 0 atom stereocenters. The third kappa shape index (κ3) is 4.54. The van der Waals surface area contributed by atoms with Crippen molar-refractivity contribution in [1.29, 1.82) is 0 Å². The first-order valence-electron chi connectivity index (χ1n) is 6.13. The van der Waals surface area contributed by atoms with Crippen molar-refractivity contribution in [2.75, 3.05) is 11.9 Å². The molecule has 0 aliphatic carbocycles. The summed E-state index contributed by atoms with van der Waals surface area (Å²) in [7, 11) is 0. The van der Waals surface area contributed by atoms with Gasteiger partial charge in [0.05, 0.1) is 10.6 Å². The highest BCUT2D eigenvalue weighted by Crippen LogP contribution is 2.18. The Morgan fingerprint density at radius 2 is 2.10 bits per heavy atom. The molecule has 4 nitrogen and oxygen atoms in total. The van der Waals surface area contributed by atoms with Gasteiger partial charge in [-0.15, -0.1) is 11.3 Å². The fourth-order valence-corrected chi connectivity index (χ4v) is 2.39. The summed E-state index contributed by atoms with van der Waals surface area (Å²) in [6.07, 6.45) is 0.0547. The van der Waals surface area contributed by atoms with Crippen LogP contribution in [0.25, 0.3) is 0 Å². The molecule has 2 N–H and O–H groups in total. The van der Waals surface area contributed by atoms with Gasteiger partial charge in [-0.2, -0.15) is 0 Å². The molecular weight excluding hydrogens is 315 g/mol. The van der Waals surface area contributed by atoms with Gasteiger partial charge >= 0.3 is 0 Å². The number of thiophene rings is 1. The van der Waals surface area contributed by atoms with E-state index < -0.39 is 5.82 Å². The lowest BCUT2D eigenvalue weighted by atomic mass is 10.3. The molecule has 0 radical (unpaired) electrons. The fraction of sp³-hybridized carbons (Fsp3) is 0.143. The van der Waals surface area contributed by atoms with Crippen LogP contribution in [0.1, 0.15) is 16.1 Å². The van der Waals surface area contributed by atoms with Crippen molar-refractivity contribution in [3.05, 3.63) is 51.4 Å². The SMILES string of the molecule is O=C(CCNC(=O)c1cccs1)Nc1ccc(Cl)cc1F. The molecule has 21 heavy (non-hydrogen) atoms. The molecule has 1 heterocycles. The largest absolute Gasteiger partial charge is 0.351 e. The second kappa shape index (κ2) is 7.19. The van der Waals surface area contributed by atoms with Crippen molar-refractivity contribution in [2.45, 2.75) is 6.42 Å². The van der Waals surface area contributed by atoms with E-state index in [4.69, 9.17) is 11.6 Å². The van der Waals surface area contributed by atoms with E-state index in [1.807, 2.05) is 0 Å². The predicted octanol–water partition coefficient (Wildman–Crippen LogP) is 3.30. The Labute approximate surface area is 129 Å². The van der Waals surface area contributed by atoms with Crippen LogP contribution in [-0.2, 0) is 4.79 Å². The number of hydrogen-bond acceptors (Lipinski definition) is 3. The Balaban J connectivity index is 1.78. The van der Waals surface area contributed by atoms with Gasteiger partial charge in [0.25, 0.3) is 5.91 Å². The molecule has 110 valence electrons. The van der Waals surface area contributed by atoms with Gasteiger partial charge in [-0.1, -0.05) is 17.7 Å². The first kappa shape index (κ1) is 15.5. The van der Waals surface area contributed by atoms with E-state index >= 15 is 0 Å². The zero-order chi connectivity index (χ0) is 15.2. The number of amides is 2. The summed E-state index contributed by atoms with van der Waals surface area (Å²) in [4.78, 5) is 23.9. The zero-order valence-electron chi connectivity index (χ0n) is 10.9. The summed E-state index contributed by atoms with van der Waals surface area (Å²) in [5.74, 6) is -1.21. The average molecular weight is 327 g/mol. The lowest BCUT2D eigenvalue weighted by molar-refractivity contribution is -0.116. The van der Waals surface area contributed by atoms with E-state index in [1.165, 1.54) is 23.5 Å². The Morgan fingerprint density at radius 1 is 1.29 bits per heavy atom. The van der Waals surface area contributed by atoms with Crippen LogP contribution < -0.4 is 10.6 Å². The lowest BCUT2D eigenvalue weighted by Gasteiger charge is -2.07. The fourth-order valence-electron chi connectivity index (χ4n) is 1.59. The number of carbonyl (C=O) groups is 2. The molecule has 2 amide bonds. The van der Waals surface area contributed by atoms with E-state index in [0.717, 1.165) is 6.07 Å². The van der Waals surface area contributed by atoms with Crippen LogP contribution in [0, 0.1) is 5.82 Å². The molecule has 0 fully saturated rings. The Hall–Kier alpha value is -1.92. The Morgan fingerprint density at radius 3 is 2.76 bits per heavy atom. The number of halogens is 2. The molecule has 7 heteroatoms. The maximum atomic E-state index is 13.5. The predicted molar refractivity (Wildman–Crippen MR) is 81.3 cm³/mol. The smallest absolute Gasteiger partial charge is 0.261 e. The lowest BCUT2D eigenvalue weighted by Crippen LogP contribution is -2.27. The normalized spacial score (nSPS) is 10.2. The van der Waals surface area contributed by atoms with E-state index in [-0.39, 0.29) is 35.5 Å². The summed E-state index contributed by atoms with van der Waals surface area (Å²) in [5.41, 5.74) is 0.0639. The molecule has 1 aromatic heterocycles. The van der Waals surface area contributed by atoms with E-state index in [9.17, 15) is 14.0 Å². The summed E-state index contributed by atoms with van der Waals surface area (Å²) in [6.45, 7) is 0.178. The van der Waals surface area contributed by atoms with Crippen molar-refractivity contribution >= 4 is 40.4 Å². The highest BCUT2D eigenvalue weighted by Gasteiger charge is 2.09. The molecule has 0 aliphatic rings. The Kier molecular flexibility index (Phi) is 5.30. The molecule has 0 bridgehead atoms. The summed E-state index contributed by atoms with van der Waals surface area (Å²) in [6, 6.07) is 7.47. The minimum atomic E-state index is -0.599. The van der Waals surface area contributed by atoms with E-state index in [2.05, 4.69) is 10.6 Å². The quantitative estimate of drug-likeness (QED) is 0.885. The van der Waals surface area contributed by atoms with Crippen molar-refractivity contribution in [1.82, 2.24) is 5.32 Å². The van der Waals surface area contributed by atoms with Gasteiger partial charge < -0.3 is 10.6 Å². The highest BCUT2D eigenvalue weighted by atomic mass is 35.5. The first-order valence-corrected chi connectivity index (χ1v) is 7.38. The van der Waals surface area contributed by atoms with Gasteiger partial charge in [-0.25, -0.2) is 4.39 Å². The Bertz CT molecular complexity index is 646. The minimum absolute atomic E-state index is 0.0547. The van der Waals surface area contributed by atoms with Gasteiger partial charge in [0.2, 0.25) is 5.91 Å². The molecule has 2 aromatic rings. The number of anilines is 1. The maximum absolute atomic E-state index is 13.5. The first-order chi connectivity index (χ1) is 10.1. The standard InChI is InChI=1S/C14H12ClFN2O2S/c15-9-3-4-11(10(16)8-9)18-13(19)5-6-17-14(20)12-2-1-7-21-12/h1-4,7-8H,5-6H2,(H,17,20)(H,18,19). The summed E-state index contributed by atoms with van der Waals surface area (Å²) < 4.78 is 13.5. The van der Waals surface area contributed by atoms with Gasteiger partial charge in [0, 0.05) is 18.0 Å². The highest BCUT2D eigenvalue weighted by molar-refractivity contribution is 7.12. The van der Waals surface area contributed by atoms with Gasteiger partial charge in [0.1, 0.15) is 5.82 Å². The molecule has 0 saturated heterocycles. The summed E-state index contributed by atoms with van der Waals surface area (Å²) in [5, 5.41) is 7.10. The second-order valence-corrected chi connectivity index (χ2v) is 5.54. The third-order valence-electron chi connectivity index (χ3n) is 2.59. The zero-order valence-corrected chi connectivity index (χ0v) is 12.4. The molecular formula is C14H12ClFN2O2S. The number of nitrogens with one attached hydrogen (secondary N) is 2.